The van der Waals surface area contributed by atoms with Crippen molar-refractivity contribution in [3.05, 3.63) is 94.5 Å². The van der Waals surface area contributed by atoms with Crippen molar-refractivity contribution in [3.63, 3.8) is 0 Å². The number of carbonyl (C=O) groups excluding carboxylic acids is 3. The Morgan fingerprint density at radius 2 is 1.50 bits per heavy atom. The van der Waals surface area contributed by atoms with E-state index in [1.54, 1.807) is 72.8 Å². The van der Waals surface area contributed by atoms with Crippen molar-refractivity contribution in [1.29, 1.82) is 0 Å². The Labute approximate surface area is 190 Å². The fraction of sp³-hybridized carbons (Fsp3) is 0.160. The van der Waals surface area contributed by atoms with Gasteiger partial charge in [-0.05, 0) is 73.5 Å². The number of hydrogen-bond donors (Lipinski definition) is 2. The minimum atomic E-state index is -0.391. The van der Waals surface area contributed by atoms with Gasteiger partial charge >= 0.3 is 0 Å². The summed E-state index contributed by atoms with van der Waals surface area (Å²) in [4.78, 5) is 37.2. The quantitative estimate of drug-likeness (QED) is 0.497. The van der Waals surface area contributed by atoms with Crippen LogP contribution in [0.4, 0.5) is 5.69 Å². The molecule has 0 heterocycles. The zero-order valence-corrected chi connectivity index (χ0v) is 17.9. The summed E-state index contributed by atoms with van der Waals surface area (Å²) in [5, 5.41) is 6.20. The zero-order chi connectivity index (χ0) is 22.5. The number of ether oxygens (including phenoxy) is 1. The molecule has 32 heavy (non-hydrogen) atoms. The summed E-state index contributed by atoms with van der Waals surface area (Å²) in [6.45, 7) is -0.233. The van der Waals surface area contributed by atoms with Crippen molar-refractivity contribution in [2.24, 2.45) is 0 Å². The van der Waals surface area contributed by atoms with E-state index in [1.807, 2.05) is 0 Å². The molecule has 0 unspecified atom stereocenters. The lowest BCUT2D eigenvalue weighted by Crippen LogP contribution is -2.28. The number of carbonyl (C=O) groups is 3. The maximum atomic E-state index is 12.5. The van der Waals surface area contributed by atoms with Gasteiger partial charge in [0.25, 0.3) is 11.8 Å². The SMILES string of the molecule is O=C(COc1ccc(C(=O)c2ccc(Cl)cc2)cc1)Nc1ccccc1C(=O)NC1CC1. The van der Waals surface area contributed by atoms with Crippen molar-refractivity contribution in [3.8, 4) is 5.75 Å². The van der Waals surface area contributed by atoms with E-state index in [1.165, 1.54) is 0 Å². The van der Waals surface area contributed by atoms with Gasteiger partial charge in [0, 0.05) is 22.2 Å². The normalized spacial score (nSPS) is 12.7. The standard InChI is InChI=1S/C25H21ClN2O4/c26-18-9-5-16(6-10-18)24(30)17-7-13-20(14-8-17)32-15-23(29)28-22-4-2-1-3-21(22)25(31)27-19-11-12-19/h1-10,13-14,19H,11-12,15H2,(H,27,31)(H,28,29). The summed E-state index contributed by atoms with van der Waals surface area (Å²) < 4.78 is 5.53. The monoisotopic (exact) mass is 448 g/mol. The summed E-state index contributed by atoms with van der Waals surface area (Å²) in [5.74, 6) is -0.275. The van der Waals surface area contributed by atoms with Crippen LogP contribution in [0.1, 0.15) is 39.1 Å². The van der Waals surface area contributed by atoms with Gasteiger partial charge in [-0.2, -0.15) is 0 Å². The molecule has 7 heteroatoms. The Morgan fingerprint density at radius 1 is 0.875 bits per heavy atom. The third kappa shape index (κ3) is 5.53. The Hall–Kier alpha value is -3.64. The maximum absolute atomic E-state index is 12.5. The lowest BCUT2D eigenvalue weighted by Gasteiger charge is -2.12. The van der Waals surface area contributed by atoms with Crippen molar-refractivity contribution in [1.82, 2.24) is 5.32 Å². The number of ketones is 1. The summed E-state index contributed by atoms with van der Waals surface area (Å²) in [7, 11) is 0. The van der Waals surface area contributed by atoms with E-state index in [0.717, 1.165) is 12.8 Å². The molecule has 0 radical (unpaired) electrons. The van der Waals surface area contributed by atoms with Gasteiger partial charge < -0.3 is 15.4 Å². The number of para-hydroxylation sites is 1. The fourth-order valence-electron chi connectivity index (χ4n) is 3.09. The molecule has 1 saturated carbocycles. The van der Waals surface area contributed by atoms with E-state index in [4.69, 9.17) is 16.3 Å². The molecule has 1 aliphatic rings. The average molecular weight is 449 g/mol. The van der Waals surface area contributed by atoms with Crippen LogP contribution in [0.2, 0.25) is 5.02 Å². The predicted octanol–water partition coefficient (Wildman–Crippen LogP) is 4.48. The highest BCUT2D eigenvalue weighted by Crippen LogP contribution is 2.22. The van der Waals surface area contributed by atoms with E-state index in [0.29, 0.717) is 33.1 Å². The van der Waals surface area contributed by atoms with Crippen LogP contribution in [0.15, 0.2) is 72.8 Å². The Bertz CT molecular complexity index is 1140. The molecular weight excluding hydrogens is 428 g/mol. The van der Waals surface area contributed by atoms with E-state index >= 15 is 0 Å². The van der Waals surface area contributed by atoms with Crippen LogP contribution in [0.5, 0.6) is 5.75 Å². The zero-order valence-electron chi connectivity index (χ0n) is 17.1. The number of hydrogen-bond acceptors (Lipinski definition) is 4. The molecule has 0 aromatic heterocycles. The van der Waals surface area contributed by atoms with Crippen LogP contribution in [0.3, 0.4) is 0 Å². The Kier molecular flexibility index (Phi) is 6.52. The van der Waals surface area contributed by atoms with Gasteiger partial charge in [0.2, 0.25) is 0 Å². The topological polar surface area (TPSA) is 84.5 Å². The van der Waals surface area contributed by atoms with Gasteiger partial charge in [-0.15, -0.1) is 0 Å². The van der Waals surface area contributed by atoms with Gasteiger partial charge in [-0.3, -0.25) is 14.4 Å². The molecule has 162 valence electrons. The average Bonchev–Trinajstić information content (AvgIpc) is 3.62. The molecule has 3 aromatic rings. The lowest BCUT2D eigenvalue weighted by molar-refractivity contribution is -0.118. The first-order valence-electron chi connectivity index (χ1n) is 10.2. The Balaban J connectivity index is 1.33. The third-order valence-electron chi connectivity index (χ3n) is 4.95. The summed E-state index contributed by atoms with van der Waals surface area (Å²) in [5.41, 5.74) is 1.88. The maximum Gasteiger partial charge on any atom is 0.262 e. The second-order valence-electron chi connectivity index (χ2n) is 7.49. The van der Waals surface area contributed by atoms with Crippen LogP contribution in [-0.2, 0) is 4.79 Å². The van der Waals surface area contributed by atoms with Crippen molar-refractivity contribution >= 4 is 34.9 Å². The van der Waals surface area contributed by atoms with Gasteiger partial charge in [-0.1, -0.05) is 23.7 Å². The smallest absolute Gasteiger partial charge is 0.262 e. The lowest BCUT2D eigenvalue weighted by atomic mass is 10.0. The molecule has 0 bridgehead atoms. The summed E-state index contributed by atoms with van der Waals surface area (Å²) in [6, 6.07) is 20.3. The molecule has 2 amide bonds. The first-order valence-corrected chi connectivity index (χ1v) is 10.6. The summed E-state index contributed by atoms with van der Waals surface area (Å²) >= 11 is 5.86. The molecule has 0 spiro atoms. The highest BCUT2D eigenvalue weighted by molar-refractivity contribution is 6.30. The van der Waals surface area contributed by atoms with Crippen molar-refractivity contribution in [2.75, 3.05) is 11.9 Å². The number of benzene rings is 3. The fourth-order valence-corrected chi connectivity index (χ4v) is 3.21. The number of amides is 2. The van der Waals surface area contributed by atoms with E-state index in [-0.39, 0.29) is 24.3 Å². The second kappa shape index (κ2) is 9.66. The first kappa shape index (κ1) is 21.6. The van der Waals surface area contributed by atoms with E-state index < -0.39 is 5.91 Å². The highest BCUT2D eigenvalue weighted by Gasteiger charge is 2.25. The minimum Gasteiger partial charge on any atom is -0.484 e. The van der Waals surface area contributed by atoms with Crippen LogP contribution >= 0.6 is 11.6 Å². The van der Waals surface area contributed by atoms with Crippen LogP contribution in [0, 0.1) is 0 Å². The molecule has 0 saturated heterocycles. The molecule has 4 rings (SSSR count). The van der Waals surface area contributed by atoms with Gasteiger partial charge in [0.05, 0.1) is 11.3 Å². The molecule has 1 aliphatic carbocycles. The largest absolute Gasteiger partial charge is 0.484 e. The molecule has 2 N–H and O–H groups in total. The van der Waals surface area contributed by atoms with Crippen LogP contribution in [-0.4, -0.2) is 30.2 Å². The minimum absolute atomic E-state index is 0.132. The highest BCUT2D eigenvalue weighted by atomic mass is 35.5. The van der Waals surface area contributed by atoms with Gasteiger partial charge in [-0.25, -0.2) is 0 Å². The number of rotatable bonds is 8. The van der Waals surface area contributed by atoms with Gasteiger partial charge in [0.15, 0.2) is 12.4 Å². The molecule has 1 fully saturated rings. The van der Waals surface area contributed by atoms with Crippen LogP contribution < -0.4 is 15.4 Å². The molecule has 0 atom stereocenters. The molecule has 6 nitrogen and oxygen atoms in total. The first-order chi connectivity index (χ1) is 15.5. The number of nitrogens with one attached hydrogen (secondary N) is 2. The van der Waals surface area contributed by atoms with E-state index in [2.05, 4.69) is 10.6 Å². The van der Waals surface area contributed by atoms with E-state index in [9.17, 15) is 14.4 Å². The van der Waals surface area contributed by atoms with Crippen molar-refractivity contribution < 1.29 is 19.1 Å². The predicted molar refractivity (Wildman–Crippen MR) is 122 cm³/mol. The molecule has 3 aromatic carbocycles. The van der Waals surface area contributed by atoms with Crippen LogP contribution in [0.25, 0.3) is 0 Å². The summed E-state index contributed by atoms with van der Waals surface area (Å²) in [6.07, 6.45) is 1.97. The number of anilines is 1. The third-order valence-corrected chi connectivity index (χ3v) is 5.20. The Morgan fingerprint density at radius 3 is 2.16 bits per heavy atom. The number of halogens is 1. The molecule has 0 aliphatic heterocycles. The molecular formula is C25H21ClN2O4. The van der Waals surface area contributed by atoms with Crippen molar-refractivity contribution in [2.45, 2.75) is 18.9 Å². The van der Waals surface area contributed by atoms with Gasteiger partial charge in [0.1, 0.15) is 5.75 Å². The second-order valence-corrected chi connectivity index (χ2v) is 7.93.